The SMILES string of the molecule is CC(C)c1nc2c([nH]1)-c1ccc(-c3ccc4c(c3)CCc3c-4ccc4[nH]c(C(C)C)nc34)cc1OC2. The molecule has 1 aliphatic carbocycles. The number of nitrogens with one attached hydrogen (secondary N) is 2. The number of fused-ring (bicyclic) bond motifs is 8. The molecule has 36 heavy (non-hydrogen) atoms. The van der Waals surface area contributed by atoms with E-state index >= 15 is 0 Å². The van der Waals surface area contributed by atoms with Gasteiger partial charge in [0, 0.05) is 17.4 Å². The van der Waals surface area contributed by atoms with Gasteiger partial charge in [0.1, 0.15) is 29.7 Å². The van der Waals surface area contributed by atoms with Crippen LogP contribution in [0.2, 0.25) is 0 Å². The third-order valence-corrected chi connectivity index (χ3v) is 7.66. The van der Waals surface area contributed by atoms with E-state index in [1.165, 1.54) is 33.4 Å². The number of aromatic amines is 2. The Morgan fingerprint density at radius 3 is 2.28 bits per heavy atom. The number of benzene rings is 3. The highest BCUT2D eigenvalue weighted by molar-refractivity contribution is 5.90. The van der Waals surface area contributed by atoms with Crippen LogP contribution in [-0.2, 0) is 19.4 Å². The van der Waals surface area contributed by atoms with Crippen LogP contribution in [0.4, 0.5) is 0 Å². The first-order valence-corrected chi connectivity index (χ1v) is 13.0. The second-order valence-electron chi connectivity index (χ2n) is 10.7. The zero-order valence-electron chi connectivity index (χ0n) is 21.2. The lowest BCUT2D eigenvalue weighted by molar-refractivity contribution is 0.298. The molecule has 5 aromatic rings. The maximum Gasteiger partial charge on any atom is 0.132 e. The normalized spacial score (nSPS) is 13.9. The molecular weight excluding hydrogens is 444 g/mol. The molecule has 2 aromatic heterocycles. The van der Waals surface area contributed by atoms with Crippen LogP contribution >= 0.6 is 0 Å². The summed E-state index contributed by atoms with van der Waals surface area (Å²) in [6.07, 6.45) is 2.04. The molecule has 0 saturated heterocycles. The topological polar surface area (TPSA) is 66.6 Å². The number of H-pyrrole nitrogens is 2. The molecular formula is C31H30N4O. The standard InChI is InChI=1S/C31H30N4O/c1-16(2)30-32-25-12-11-22-21-8-5-18(13-20(21)7-9-23(22)28(25)34-30)19-6-10-24-27(14-19)36-15-26-29(24)35-31(33-26)17(3)4/h5-6,8,10-14,16-17H,7,9,15H2,1-4H3,(H,32,34)(H,33,35). The van der Waals surface area contributed by atoms with E-state index in [4.69, 9.17) is 14.7 Å². The fraction of sp³-hybridized carbons (Fsp3) is 0.290. The largest absolute Gasteiger partial charge is 0.486 e. The van der Waals surface area contributed by atoms with Crippen molar-refractivity contribution in [1.82, 2.24) is 19.9 Å². The number of aryl methyl sites for hydroxylation is 2. The zero-order chi connectivity index (χ0) is 24.6. The van der Waals surface area contributed by atoms with Gasteiger partial charge in [-0.3, -0.25) is 0 Å². The Hall–Kier alpha value is -3.86. The van der Waals surface area contributed by atoms with E-state index in [0.29, 0.717) is 18.4 Å². The lowest BCUT2D eigenvalue weighted by Gasteiger charge is -2.22. The van der Waals surface area contributed by atoms with Crippen molar-refractivity contribution < 1.29 is 4.74 Å². The van der Waals surface area contributed by atoms with Gasteiger partial charge in [0.25, 0.3) is 0 Å². The van der Waals surface area contributed by atoms with E-state index in [-0.39, 0.29) is 0 Å². The number of hydrogen-bond acceptors (Lipinski definition) is 3. The smallest absolute Gasteiger partial charge is 0.132 e. The highest BCUT2D eigenvalue weighted by Gasteiger charge is 2.24. The molecule has 3 heterocycles. The van der Waals surface area contributed by atoms with Gasteiger partial charge in [0.05, 0.1) is 16.7 Å². The molecule has 3 aromatic carbocycles. The molecule has 180 valence electrons. The Labute approximate surface area is 211 Å². The second-order valence-corrected chi connectivity index (χ2v) is 10.7. The van der Waals surface area contributed by atoms with Crippen molar-refractivity contribution >= 4 is 11.0 Å². The van der Waals surface area contributed by atoms with Crippen LogP contribution in [-0.4, -0.2) is 19.9 Å². The van der Waals surface area contributed by atoms with Crippen LogP contribution in [0.3, 0.4) is 0 Å². The van der Waals surface area contributed by atoms with E-state index in [1.54, 1.807) is 0 Å². The third kappa shape index (κ3) is 3.22. The minimum absolute atomic E-state index is 0.361. The van der Waals surface area contributed by atoms with Gasteiger partial charge < -0.3 is 14.7 Å². The Kier molecular flexibility index (Phi) is 4.65. The third-order valence-electron chi connectivity index (χ3n) is 7.66. The van der Waals surface area contributed by atoms with Crippen LogP contribution < -0.4 is 4.74 Å². The van der Waals surface area contributed by atoms with Crippen LogP contribution in [0.1, 0.15) is 68.0 Å². The molecule has 2 N–H and O–H groups in total. The summed E-state index contributed by atoms with van der Waals surface area (Å²) in [6.45, 7) is 9.19. The molecule has 0 atom stereocenters. The molecule has 0 spiro atoms. The van der Waals surface area contributed by atoms with Gasteiger partial charge in [-0.15, -0.1) is 0 Å². The monoisotopic (exact) mass is 474 g/mol. The minimum Gasteiger partial charge on any atom is -0.486 e. The summed E-state index contributed by atoms with van der Waals surface area (Å²) in [5.41, 5.74) is 13.3. The minimum atomic E-state index is 0.361. The number of ether oxygens (including phenoxy) is 1. The lowest BCUT2D eigenvalue weighted by atomic mass is 9.83. The van der Waals surface area contributed by atoms with Gasteiger partial charge in [-0.2, -0.15) is 0 Å². The van der Waals surface area contributed by atoms with Crippen molar-refractivity contribution in [1.29, 1.82) is 0 Å². The molecule has 7 rings (SSSR count). The van der Waals surface area contributed by atoms with Crippen molar-refractivity contribution in [2.75, 3.05) is 0 Å². The molecule has 0 amide bonds. The summed E-state index contributed by atoms with van der Waals surface area (Å²) in [6, 6.07) is 17.9. The molecule has 0 unspecified atom stereocenters. The molecule has 5 nitrogen and oxygen atoms in total. The Morgan fingerprint density at radius 2 is 1.47 bits per heavy atom. The number of imidazole rings is 2. The van der Waals surface area contributed by atoms with E-state index in [2.05, 4.69) is 86.2 Å². The van der Waals surface area contributed by atoms with Crippen LogP contribution in [0, 0.1) is 0 Å². The number of hydrogen-bond donors (Lipinski definition) is 2. The van der Waals surface area contributed by atoms with Crippen LogP contribution in [0.5, 0.6) is 5.75 Å². The van der Waals surface area contributed by atoms with Gasteiger partial charge in [0.15, 0.2) is 0 Å². The first kappa shape index (κ1) is 21.4. The van der Waals surface area contributed by atoms with Crippen molar-refractivity contribution in [2.45, 2.75) is 59.0 Å². The predicted octanol–water partition coefficient (Wildman–Crippen LogP) is 7.52. The van der Waals surface area contributed by atoms with E-state index < -0.39 is 0 Å². The lowest BCUT2D eigenvalue weighted by Crippen LogP contribution is -2.06. The Balaban J connectivity index is 1.26. The summed E-state index contributed by atoms with van der Waals surface area (Å²) in [7, 11) is 0. The number of rotatable bonds is 3. The fourth-order valence-corrected chi connectivity index (χ4v) is 5.64. The summed E-state index contributed by atoms with van der Waals surface area (Å²) in [5, 5.41) is 0. The van der Waals surface area contributed by atoms with Crippen molar-refractivity contribution in [3.8, 4) is 39.3 Å². The highest BCUT2D eigenvalue weighted by Crippen LogP contribution is 2.42. The van der Waals surface area contributed by atoms with Gasteiger partial charge >= 0.3 is 0 Å². The van der Waals surface area contributed by atoms with E-state index in [9.17, 15) is 0 Å². The molecule has 5 heteroatoms. The average molecular weight is 475 g/mol. The van der Waals surface area contributed by atoms with E-state index in [1.807, 2.05) is 0 Å². The summed E-state index contributed by atoms with van der Waals surface area (Å²) >= 11 is 0. The number of aromatic nitrogens is 4. The highest BCUT2D eigenvalue weighted by atomic mass is 16.5. The Bertz CT molecular complexity index is 1650. The van der Waals surface area contributed by atoms with Gasteiger partial charge in [-0.05, 0) is 64.4 Å². The first-order chi connectivity index (χ1) is 17.5. The quantitative estimate of drug-likeness (QED) is 0.284. The molecule has 0 saturated carbocycles. The van der Waals surface area contributed by atoms with Gasteiger partial charge in [-0.25, -0.2) is 9.97 Å². The summed E-state index contributed by atoms with van der Waals surface area (Å²) < 4.78 is 6.13. The average Bonchev–Trinajstić information content (AvgIpc) is 3.53. The first-order valence-electron chi connectivity index (χ1n) is 13.0. The molecule has 0 fully saturated rings. The molecule has 2 aliphatic rings. The maximum absolute atomic E-state index is 6.13. The van der Waals surface area contributed by atoms with Crippen molar-refractivity contribution in [3.05, 3.63) is 77.0 Å². The summed E-state index contributed by atoms with van der Waals surface area (Å²) in [5.74, 6) is 3.76. The van der Waals surface area contributed by atoms with Crippen molar-refractivity contribution in [2.24, 2.45) is 0 Å². The molecule has 1 aliphatic heterocycles. The zero-order valence-corrected chi connectivity index (χ0v) is 21.2. The second kappa shape index (κ2) is 7.82. The maximum atomic E-state index is 6.13. The Morgan fingerprint density at radius 1 is 0.750 bits per heavy atom. The van der Waals surface area contributed by atoms with Gasteiger partial charge in [0.2, 0.25) is 0 Å². The molecule has 0 bridgehead atoms. The van der Waals surface area contributed by atoms with Crippen LogP contribution in [0.15, 0.2) is 48.5 Å². The van der Waals surface area contributed by atoms with Gasteiger partial charge in [-0.1, -0.05) is 58.0 Å². The predicted molar refractivity (Wildman–Crippen MR) is 144 cm³/mol. The number of nitrogens with zero attached hydrogens (tertiary/aromatic N) is 2. The fourth-order valence-electron chi connectivity index (χ4n) is 5.64. The van der Waals surface area contributed by atoms with Crippen LogP contribution in [0.25, 0.3) is 44.5 Å². The van der Waals surface area contributed by atoms with E-state index in [0.717, 1.165) is 58.2 Å². The summed E-state index contributed by atoms with van der Waals surface area (Å²) in [4.78, 5) is 16.7. The van der Waals surface area contributed by atoms with Crippen molar-refractivity contribution in [3.63, 3.8) is 0 Å². The molecule has 0 radical (unpaired) electrons.